The molecule has 0 unspecified atom stereocenters. The van der Waals surface area contributed by atoms with E-state index in [0.717, 1.165) is 11.3 Å². The van der Waals surface area contributed by atoms with Crippen LogP contribution in [0.3, 0.4) is 0 Å². The van der Waals surface area contributed by atoms with E-state index in [9.17, 15) is 9.59 Å². The Labute approximate surface area is 167 Å². The number of nitrogens with zero attached hydrogens (tertiary/aromatic N) is 3. The Bertz CT molecular complexity index is 976. The van der Waals surface area contributed by atoms with Crippen molar-refractivity contribution in [3.63, 3.8) is 0 Å². The number of ether oxygens (including phenoxy) is 1. The number of anilines is 1. The van der Waals surface area contributed by atoms with Crippen LogP contribution in [-0.4, -0.2) is 33.0 Å². The first-order valence-corrected chi connectivity index (χ1v) is 9.88. The summed E-state index contributed by atoms with van der Waals surface area (Å²) < 4.78 is 6.64. The lowest BCUT2D eigenvalue weighted by Gasteiger charge is -2.08. The van der Waals surface area contributed by atoms with Crippen molar-refractivity contribution in [1.82, 2.24) is 14.5 Å². The van der Waals surface area contributed by atoms with Crippen LogP contribution < -0.4 is 5.32 Å². The molecule has 3 rings (SSSR count). The molecule has 0 saturated heterocycles. The van der Waals surface area contributed by atoms with Gasteiger partial charge in [0.2, 0.25) is 5.91 Å². The van der Waals surface area contributed by atoms with Gasteiger partial charge >= 0.3 is 5.97 Å². The molecule has 0 bridgehead atoms. The molecule has 8 heteroatoms. The van der Waals surface area contributed by atoms with Gasteiger partial charge in [-0.25, -0.2) is 9.97 Å². The van der Waals surface area contributed by atoms with Crippen molar-refractivity contribution in [2.45, 2.75) is 33.6 Å². The number of hydrogen-bond donors (Lipinski definition) is 1. The van der Waals surface area contributed by atoms with Crippen molar-refractivity contribution in [3.05, 3.63) is 47.2 Å². The van der Waals surface area contributed by atoms with Gasteiger partial charge in [-0.2, -0.15) is 0 Å². The maximum atomic E-state index is 12.2. The second-order valence-electron chi connectivity index (χ2n) is 6.26. The normalized spacial score (nSPS) is 10.7. The highest BCUT2D eigenvalue weighted by Gasteiger charge is 2.16. The number of rotatable bonds is 7. The van der Waals surface area contributed by atoms with E-state index in [-0.39, 0.29) is 24.7 Å². The second-order valence-corrected chi connectivity index (χ2v) is 7.10. The Morgan fingerprint density at radius 3 is 2.64 bits per heavy atom. The SMILES string of the molecule is CCOC(=O)CCC(=O)Nc1cnc(C)n1-c1nc(-c2ccc(C)cc2)cs1. The summed E-state index contributed by atoms with van der Waals surface area (Å²) in [5.41, 5.74) is 3.09. The number of esters is 1. The van der Waals surface area contributed by atoms with E-state index in [1.807, 2.05) is 43.5 Å². The first-order valence-electron chi connectivity index (χ1n) is 9.00. The number of aryl methyl sites for hydroxylation is 2. The van der Waals surface area contributed by atoms with Crippen molar-refractivity contribution in [1.29, 1.82) is 0 Å². The van der Waals surface area contributed by atoms with Crippen LogP contribution >= 0.6 is 11.3 Å². The fourth-order valence-electron chi connectivity index (χ4n) is 2.65. The molecule has 28 heavy (non-hydrogen) atoms. The number of imidazole rings is 1. The van der Waals surface area contributed by atoms with Crippen LogP contribution in [0.4, 0.5) is 5.82 Å². The van der Waals surface area contributed by atoms with Crippen molar-refractivity contribution in [2.24, 2.45) is 0 Å². The fourth-order valence-corrected chi connectivity index (χ4v) is 3.54. The van der Waals surface area contributed by atoms with E-state index in [1.54, 1.807) is 17.7 Å². The molecule has 1 amide bonds. The molecule has 3 aromatic rings. The molecular weight excluding hydrogens is 376 g/mol. The molecule has 0 aliphatic carbocycles. The molecule has 0 atom stereocenters. The van der Waals surface area contributed by atoms with Crippen molar-refractivity contribution in [3.8, 4) is 16.4 Å². The molecule has 0 saturated carbocycles. The standard InChI is InChI=1S/C20H22N4O3S/c1-4-27-19(26)10-9-18(25)23-17-11-21-14(3)24(17)20-22-16(12-28-20)15-7-5-13(2)6-8-15/h5-8,11-12H,4,9-10H2,1-3H3,(H,23,25). The first-order chi connectivity index (χ1) is 13.5. The molecule has 7 nitrogen and oxygen atoms in total. The molecule has 1 aromatic carbocycles. The van der Waals surface area contributed by atoms with Gasteiger partial charge in [0.15, 0.2) is 5.13 Å². The molecule has 0 aliphatic heterocycles. The highest BCUT2D eigenvalue weighted by atomic mass is 32.1. The summed E-state index contributed by atoms with van der Waals surface area (Å²) in [5.74, 6) is 0.580. The lowest BCUT2D eigenvalue weighted by atomic mass is 10.1. The fraction of sp³-hybridized carbons (Fsp3) is 0.300. The first kappa shape index (κ1) is 19.8. The number of nitrogens with one attached hydrogen (secondary N) is 1. The lowest BCUT2D eigenvalue weighted by Crippen LogP contribution is -2.16. The average Bonchev–Trinajstić information content (AvgIpc) is 3.28. The molecular formula is C20H22N4O3S. The minimum absolute atomic E-state index is 0.0433. The molecule has 0 aliphatic rings. The van der Waals surface area contributed by atoms with Crippen LogP contribution in [0.5, 0.6) is 0 Å². The molecule has 2 heterocycles. The average molecular weight is 398 g/mol. The molecule has 1 N–H and O–H groups in total. The smallest absolute Gasteiger partial charge is 0.306 e. The van der Waals surface area contributed by atoms with E-state index in [4.69, 9.17) is 9.72 Å². The van der Waals surface area contributed by atoms with Gasteiger partial charge in [-0.3, -0.25) is 14.2 Å². The van der Waals surface area contributed by atoms with E-state index in [0.29, 0.717) is 23.4 Å². The molecule has 0 spiro atoms. The van der Waals surface area contributed by atoms with Crippen LogP contribution in [0.2, 0.25) is 0 Å². The summed E-state index contributed by atoms with van der Waals surface area (Å²) in [7, 11) is 0. The lowest BCUT2D eigenvalue weighted by molar-refractivity contribution is -0.144. The third kappa shape index (κ3) is 4.64. The van der Waals surface area contributed by atoms with Gasteiger partial charge in [-0.1, -0.05) is 29.8 Å². The Kier molecular flexibility index (Phi) is 6.20. The van der Waals surface area contributed by atoms with Crippen molar-refractivity contribution < 1.29 is 14.3 Å². The van der Waals surface area contributed by atoms with Gasteiger partial charge in [0.05, 0.1) is 24.9 Å². The third-order valence-corrected chi connectivity index (χ3v) is 4.92. The Morgan fingerprint density at radius 2 is 1.93 bits per heavy atom. The Morgan fingerprint density at radius 1 is 1.18 bits per heavy atom. The number of benzene rings is 1. The quantitative estimate of drug-likeness (QED) is 0.610. The monoisotopic (exact) mass is 398 g/mol. The van der Waals surface area contributed by atoms with Gasteiger partial charge in [-0.15, -0.1) is 11.3 Å². The van der Waals surface area contributed by atoms with Crippen LogP contribution in [-0.2, 0) is 14.3 Å². The minimum Gasteiger partial charge on any atom is -0.466 e. The topological polar surface area (TPSA) is 86.1 Å². The predicted molar refractivity (Wildman–Crippen MR) is 109 cm³/mol. The van der Waals surface area contributed by atoms with E-state index in [2.05, 4.69) is 10.3 Å². The highest BCUT2D eigenvalue weighted by Crippen LogP contribution is 2.27. The molecule has 2 aromatic heterocycles. The zero-order chi connectivity index (χ0) is 20.1. The number of thiazole rings is 1. The van der Waals surface area contributed by atoms with Crippen LogP contribution in [0.15, 0.2) is 35.8 Å². The minimum atomic E-state index is -0.384. The Hall–Kier alpha value is -3.00. The second kappa shape index (κ2) is 8.79. The van der Waals surface area contributed by atoms with E-state index in [1.165, 1.54) is 16.9 Å². The summed E-state index contributed by atoms with van der Waals surface area (Å²) in [6.45, 7) is 5.93. The van der Waals surface area contributed by atoms with Gasteiger partial charge < -0.3 is 10.1 Å². The molecule has 146 valence electrons. The van der Waals surface area contributed by atoms with Crippen molar-refractivity contribution >= 4 is 29.0 Å². The van der Waals surface area contributed by atoms with E-state index >= 15 is 0 Å². The summed E-state index contributed by atoms with van der Waals surface area (Å²) >= 11 is 1.47. The number of carbonyl (C=O) groups is 2. The van der Waals surface area contributed by atoms with Crippen LogP contribution in [0, 0.1) is 13.8 Å². The zero-order valence-electron chi connectivity index (χ0n) is 16.1. The highest BCUT2D eigenvalue weighted by molar-refractivity contribution is 7.12. The third-order valence-electron chi connectivity index (χ3n) is 4.10. The summed E-state index contributed by atoms with van der Waals surface area (Å²) in [5, 5.41) is 5.50. The largest absolute Gasteiger partial charge is 0.466 e. The predicted octanol–water partition coefficient (Wildman–Crippen LogP) is 3.89. The van der Waals surface area contributed by atoms with Crippen LogP contribution in [0.25, 0.3) is 16.4 Å². The summed E-state index contributed by atoms with van der Waals surface area (Å²) in [6.07, 6.45) is 1.68. The number of hydrogen-bond acceptors (Lipinski definition) is 6. The number of carbonyl (C=O) groups excluding carboxylic acids is 2. The van der Waals surface area contributed by atoms with Crippen LogP contribution in [0.1, 0.15) is 31.2 Å². The number of aromatic nitrogens is 3. The van der Waals surface area contributed by atoms with Crippen molar-refractivity contribution in [2.75, 3.05) is 11.9 Å². The number of amides is 1. The van der Waals surface area contributed by atoms with E-state index < -0.39 is 0 Å². The molecule has 0 radical (unpaired) electrons. The van der Waals surface area contributed by atoms with Gasteiger partial charge in [0, 0.05) is 17.4 Å². The van der Waals surface area contributed by atoms with Gasteiger partial charge in [-0.05, 0) is 20.8 Å². The maximum absolute atomic E-state index is 12.2. The maximum Gasteiger partial charge on any atom is 0.306 e. The Balaban J connectivity index is 1.75. The zero-order valence-corrected chi connectivity index (χ0v) is 16.9. The summed E-state index contributed by atoms with van der Waals surface area (Å²) in [4.78, 5) is 32.6. The molecule has 0 fully saturated rings. The van der Waals surface area contributed by atoms with Gasteiger partial charge in [0.1, 0.15) is 11.6 Å². The van der Waals surface area contributed by atoms with Gasteiger partial charge in [0.25, 0.3) is 0 Å². The summed E-state index contributed by atoms with van der Waals surface area (Å²) in [6, 6.07) is 8.16.